The fraction of sp³-hybridized carbons (Fsp3) is 0.240. The van der Waals surface area contributed by atoms with E-state index in [1.165, 1.54) is 0 Å². The minimum atomic E-state index is -0.0387. The molecule has 0 spiro atoms. The second-order valence-corrected chi connectivity index (χ2v) is 8.10. The van der Waals surface area contributed by atoms with Gasteiger partial charge in [-0.2, -0.15) is 10.1 Å². The van der Waals surface area contributed by atoms with Crippen LogP contribution >= 0.6 is 11.6 Å². The summed E-state index contributed by atoms with van der Waals surface area (Å²) in [6.07, 6.45) is 0.853. The van der Waals surface area contributed by atoms with Gasteiger partial charge in [-0.05, 0) is 55.7 Å². The maximum atomic E-state index is 12.5. The van der Waals surface area contributed by atoms with Gasteiger partial charge in [0.1, 0.15) is 0 Å². The Morgan fingerprint density at radius 1 is 1.12 bits per heavy atom. The molecule has 164 valence electrons. The maximum absolute atomic E-state index is 12.5. The lowest BCUT2D eigenvalue weighted by molar-refractivity contribution is -0.121. The first-order valence-electron chi connectivity index (χ1n) is 10.5. The fourth-order valence-electron chi connectivity index (χ4n) is 3.92. The van der Waals surface area contributed by atoms with Gasteiger partial charge < -0.3 is 10.1 Å². The first-order valence-corrected chi connectivity index (χ1v) is 10.8. The molecule has 0 aliphatic heterocycles. The van der Waals surface area contributed by atoms with Crippen molar-refractivity contribution in [2.75, 3.05) is 7.11 Å². The number of hydrogen-bond acceptors (Lipinski definition) is 4. The van der Waals surface area contributed by atoms with E-state index >= 15 is 0 Å². The number of methoxy groups -OCH3 is 1. The van der Waals surface area contributed by atoms with Crippen molar-refractivity contribution >= 4 is 28.5 Å². The van der Waals surface area contributed by atoms with Gasteiger partial charge in [-0.1, -0.05) is 41.9 Å². The molecule has 1 amide bonds. The van der Waals surface area contributed by atoms with Crippen LogP contribution in [-0.2, 0) is 17.8 Å². The van der Waals surface area contributed by atoms with Crippen LogP contribution in [0.1, 0.15) is 28.8 Å². The summed E-state index contributed by atoms with van der Waals surface area (Å²) in [6, 6.07) is 17.4. The Kier molecular flexibility index (Phi) is 6.42. The zero-order valence-corrected chi connectivity index (χ0v) is 19.1. The fourth-order valence-corrected chi connectivity index (χ4v) is 4.13. The monoisotopic (exact) mass is 448 g/mol. The number of nitrogens with zero attached hydrogens (tertiary/aromatic N) is 3. The Bertz CT molecular complexity index is 1270. The number of para-hydroxylation sites is 1. The van der Waals surface area contributed by atoms with E-state index in [4.69, 9.17) is 26.4 Å². The quantitative estimate of drug-likeness (QED) is 0.434. The summed E-state index contributed by atoms with van der Waals surface area (Å²) in [5.41, 5.74) is 5.50. The predicted molar refractivity (Wildman–Crippen MR) is 127 cm³/mol. The van der Waals surface area contributed by atoms with Crippen molar-refractivity contribution in [1.82, 2.24) is 20.1 Å². The lowest BCUT2D eigenvalue weighted by Gasteiger charge is -2.13. The van der Waals surface area contributed by atoms with E-state index in [1.54, 1.807) is 7.11 Å². The molecule has 0 atom stereocenters. The SMILES string of the molecule is COc1nc2c(c(C)nn2-c2ccccc2)c(C)c1CCC(=O)NCc1cccc(Cl)c1. The number of pyridine rings is 1. The molecule has 0 aliphatic carbocycles. The van der Waals surface area contributed by atoms with E-state index in [-0.39, 0.29) is 5.91 Å². The van der Waals surface area contributed by atoms with Gasteiger partial charge >= 0.3 is 0 Å². The molecular formula is C25H25ClN4O2. The van der Waals surface area contributed by atoms with Crippen LogP contribution in [0.2, 0.25) is 5.02 Å². The molecule has 0 radical (unpaired) electrons. The van der Waals surface area contributed by atoms with Crippen LogP contribution in [0.25, 0.3) is 16.7 Å². The van der Waals surface area contributed by atoms with Crippen LogP contribution in [0.15, 0.2) is 54.6 Å². The number of fused-ring (bicyclic) bond motifs is 1. The van der Waals surface area contributed by atoms with E-state index in [1.807, 2.05) is 73.1 Å². The van der Waals surface area contributed by atoms with E-state index in [0.29, 0.717) is 30.3 Å². The molecule has 0 fully saturated rings. The van der Waals surface area contributed by atoms with Crippen LogP contribution < -0.4 is 10.1 Å². The third-order valence-corrected chi connectivity index (χ3v) is 5.74. The summed E-state index contributed by atoms with van der Waals surface area (Å²) in [5.74, 6) is 0.484. The third-order valence-electron chi connectivity index (χ3n) is 5.50. The average Bonchev–Trinajstić information content (AvgIpc) is 3.14. The van der Waals surface area contributed by atoms with Crippen LogP contribution in [0.5, 0.6) is 5.88 Å². The average molecular weight is 449 g/mol. The lowest BCUT2D eigenvalue weighted by Crippen LogP contribution is -2.23. The molecule has 6 nitrogen and oxygen atoms in total. The van der Waals surface area contributed by atoms with Gasteiger partial charge in [0.2, 0.25) is 11.8 Å². The highest BCUT2D eigenvalue weighted by Gasteiger charge is 2.20. The van der Waals surface area contributed by atoms with Gasteiger partial charge in [0.15, 0.2) is 5.65 Å². The van der Waals surface area contributed by atoms with Crippen molar-refractivity contribution in [3.8, 4) is 11.6 Å². The molecule has 0 saturated heterocycles. The van der Waals surface area contributed by atoms with Gasteiger partial charge in [-0.15, -0.1) is 0 Å². The second kappa shape index (κ2) is 9.40. The maximum Gasteiger partial charge on any atom is 0.220 e. The number of carbonyl (C=O) groups excluding carboxylic acids is 1. The molecule has 2 heterocycles. The zero-order valence-electron chi connectivity index (χ0n) is 18.4. The van der Waals surface area contributed by atoms with Gasteiger partial charge in [-0.3, -0.25) is 4.79 Å². The van der Waals surface area contributed by atoms with Crippen molar-refractivity contribution in [3.05, 3.63) is 82.0 Å². The van der Waals surface area contributed by atoms with E-state index < -0.39 is 0 Å². The highest BCUT2D eigenvalue weighted by molar-refractivity contribution is 6.30. The molecule has 4 rings (SSSR count). The molecular weight excluding hydrogens is 424 g/mol. The summed E-state index contributed by atoms with van der Waals surface area (Å²) >= 11 is 6.01. The van der Waals surface area contributed by atoms with Crippen LogP contribution in [0, 0.1) is 13.8 Å². The number of halogens is 1. The van der Waals surface area contributed by atoms with E-state index in [9.17, 15) is 4.79 Å². The third kappa shape index (κ3) is 4.46. The van der Waals surface area contributed by atoms with Crippen LogP contribution in [-0.4, -0.2) is 27.8 Å². The van der Waals surface area contributed by atoms with Crippen molar-refractivity contribution < 1.29 is 9.53 Å². The largest absolute Gasteiger partial charge is 0.481 e. The normalized spacial score (nSPS) is 11.0. The Balaban J connectivity index is 1.57. The summed E-state index contributed by atoms with van der Waals surface area (Å²) in [7, 11) is 1.60. The Labute approximate surface area is 192 Å². The predicted octanol–water partition coefficient (Wildman–Crippen LogP) is 4.95. The van der Waals surface area contributed by atoms with E-state index in [2.05, 4.69) is 5.32 Å². The second-order valence-electron chi connectivity index (χ2n) is 7.66. The van der Waals surface area contributed by atoms with Gasteiger partial charge in [0.05, 0.1) is 18.5 Å². The van der Waals surface area contributed by atoms with E-state index in [0.717, 1.165) is 39.1 Å². The molecule has 0 saturated carbocycles. The zero-order chi connectivity index (χ0) is 22.7. The summed E-state index contributed by atoms with van der Waals surface area (Å²) < 4.78 is 7.45. The molecule has 2 aromatic carbocycles. The first kappa shape index (κ1) is 21.8. The van der Waals surface area contributed by atoms with Gasteiger partial charge in [-0.25, -0.2) is 4.68 Å². The molecule has 0 aliphatic rings. The number of carbonyl (C=O) groups is 1. The summed E-state index contributed by atoms with van der Waals surface area (Å²) in [4.78, 5) is 17.2. The highest BCUT2D eigenvalue weighted by atomic mass is 35.5. The van der Waals surface area contributed by atoms with Crippen molar-refractivity contribution in [2.24, 2.45) is 0 Å². The number of hydrogen-bond donors (Lipinski definition) is 1. The molecule has 0 bridgehead atoms. The standard InChI is InChI=1S/C25H25ClN4O2/c1-16-21(12-13-22(31)27-15-18-8-7-9-19(26)14-18)25(32-3)28-24-23(16)17(2)29-30(24)20-10-5-4-6-11-20/h4-11,14H,12-13,15H2,1-3H3,(H,27,31). The minimum Gasteiger partial charge on any atom is -0.481 e. The van der Waals surface area contributed by atoms with Crippen molar-refractivity contribution in [2.45, 2.75) is 33.2 Å². The topological polar surface area (TPSA) is 69.0 Å². The summed E-state index contributed by atoms with van der Waals surface area (Å²) in [6.45, 7) is 4.45. The van der Waals surface area contributed by atoms with Gasteiger partial charge in [0, 0.05) is 28.9 Å². The van der Waals surface area contributed by atoms with Crippen molar-refractivity contribution in [1.29, 1.82) is 0 Å². The molecule has 0 unspecified atom stereocenters. The van der Waals surface area contributed by atoms with Crippen LogP contribution in [0.3, 0.4) is 0 Å². The first-order chi connectivity index (χ1) is 15.5. The van der Waals surface area contributed by atoms with Crippen molar-refractivity contribution in [3.63, 3.8) is 0 Å². The number of amides is 1. The number of benzene rings is 2. The Morgan fingerprint density at radius 2 is 1.91 bits per heavy atom. The number of aryl methyl sites for hydroxylation is 2. The molecule has 1 N–H and O–H groups in total. The number of aromatic nitrogens is 3. The smallest absolute Gasteiger partial charge is 0.220 e. The molecule has 4 aromatic rings. The Hall–Kier alpha value is -3.38. The number of rotatable bonds is 7. The summed E-state index contributed by atoms with van der Waals surface area (Å²) in [5, 5.41) is 9.31. The minimum absolute atomic E-state index is 0.0387. The molecule has 7 heteroatoms. The van der Waals surface area contributed by atoms with Crippen LogP contribution in [0.4, 0.5) is 0 Å². The highest BCUT2D eigenvalue weighted by Crippen LogP contribution is 2.31. The lowest BCUT2D eigenvalue weighted by atomic mass is 10.0. The number of ether oxygens (including phenoxy) is 1. The Morgan fingerprint density at radius 3 is 2.62 bits per heavy atom. The molecule has 32 heavy (non-hydrogen) atoms. The number of nitrogens with one attached hydrogen (secondary N) is 1. The van der Waals surface area contributed by atoms with Gasteiger partial charge in [0.25, 0.3) is 0 Å². The molecule has 2 aromatic heterocycles.